The molecule has 0 aliphatic heterocycles. The molecular weight excluding hydrogens is 246 g/mol. The minimum atomic E-state index is 0.804. The van der Waals surface area contributed by atoms with E-state index in [1.807, 2.05) is 18.3 Å². The smallest absolute Gasteiger partial charge is 0.0568 e. The maximum absolute atomic E-state index is 5.99. The van der Waals surface area contributed by atoms with Gasteiger partial charge < -0.3 is 5.73 Å². The number of benzene rings is 1. The third kappa shape index (κ3) is 2.72. The highest BCUT2D eigenvalue weighted by Gasteiger charge is 2.15. The Morgan fingerprint density at radius 3 is 2.85 bits per heavy atom. The summed E-state index contributed by atoms with van der Waals surface area (Å²) in [5.41, 5.74) is 10.3. The molecule has 0 bridgehead atoms. The number of nitrogens with zero attached hydrogens (tertiary/aromatic N) is 2. The lowest BCUT2D eigenvalue weighted by Gasteiger charge is -2.21. The maximum Gasteiger partial charge on any atom is 0.0568 e. The van der Waals surface area contributed by atoms with Crippen molar-refractivity contribution < 1.29 is 0 Å². The predicted molar refractivity (Wildman–Crippen MR) is 83.4 cm³/mol. The van der Waals surface area contributed by atoms with Gasteiger partial charge in [0.1, 0.15) is 0 Å². The molecule has 1 fully saturated rings. The Morgan fingerprint density at radius 2 is 2.05 bits per heavy atom. The molecule has 0 spiro atoms. The van der Waals surface area contributed by atoms with Crippen LogP contribution >= 0.6 is 0 Å². The molecule has 0 atom stereocenters. The van der Waals surface area contributed by atoms with E-state index in [9.17, 15) is 0 Å². The van der Waals surface area contributed by atoms with Gasteiger partial charge in [0.25, 0.3) is 0 Å². The standard InChI is InChI=1S/C17H23N3/c1-13-16(8-5-9-17(13)18)15-10-19-20(12-15)11-14-6-3-2-4-7-14/h5,8-10,12,14H,2-4,6-7,11,18H2,1H3. The number of aromatic nitrogens is 2. The molecule has 0 amide bonds. The van der Waals surface area contributed by atoms with Crippen LogP contribution in [0.3, 0.4) is 0 Å². The van der Waals surface area contributed by atoms with E-state index < -0.39 is 0 Å². The lowest BCUT2D eigenvalue weighted by atomic mass is 9.89. The summed E-state index contributed by atoms with van der Waals surface area (Å²) in [5, 5.41) is 4.53. The fraction of sp³-hybridized carbons (Fsp3) is 0.471. The average Bonchev–Trinajstić information content (AvgIpc) is 2.91. The van der Waals surface area contributed by atoms with Crippen molar-refractivity contribution in [3.8, 4) is 11.1 Å². The van der Waals surface area contributed by atoms with E-state index in [0.717, 1.165) is 23.7 Å². The Balaban J connectivity index is 1.77. The zero-order valence-electron chi connectivity index (χ0n) is 12.2. The summed E-state index contributed by atoms with van der Waals surface area (Å²) in [4.78, 5) is 0. The highest BCUT2D eigenvalue weighted by Crippen LogP contribution is 2.28. The third-order valence-corrected chi connectivity index (χ3v) is 4.49. The average molecular weight is 269 g/mol. The van der Waals surface area contributed by atoms with E-state index in [0.29, 0.717) is 0 Å². The van der Waals surface area contributed by atoms with Crippen LogP contribution in [0.4, 0.5) is 5.69 Å². The Bertz CT molecular complexity index is 580. The van der Waals surface area contributed by atoms with Crippen molar-refractivity contribution >= 4 is 5.69 Å². The molecule has 1 aromatic carbocycles. The quantitative estimate of drug-likeness (QED) is 0.855. The van der Waals surface area contributed by atoms with Crippen molar-refractivity contribution in [2.45, 2.75) is 45.6 Å². The number of hydrogen-bond donors (Lipinski definition) is 1. The zero-order valence-corrected chi connectivity index (χ0v) is 12.2. The minimum absolute atomic E-state index is 0.804. The van der Waals surface area contributed by atoms with Gasteiger partial charge in [0.15, 0.2) is 0 Å². The molecule has 2 N–H and O–H groups in total. The molecule has 3 heteroatoms. The number of anilines is 1. The van der Waals surface area contributed by atoms with Crippen LogP contribution in [0.25, 0.3) is 11.1 Å². The van der Waals surface area contributed by atoms with Crippen molar-refractivity contribution in [3.05, 3.63) is 36.2 Å². The van der Waals surface area contributed by atoms with E-state index in [-0.39, 0.29) is 0 Å². The molecular formula is C17H23N3. The first kappa shape index (κ1) is 13.2. The number of rotatable bonds is 3. The largest absolute Gasteiger partial charge is 0.398 e. The van der Waals surface area contributed by atoms with Crippen molar-refractivity contribution in [3.63, 3.8) is 0 Å². The summed E-state index contributed by atoms with van der Waals surface area (Å²) in [6, 6.07) is 6.08. The van der Waals surface area contributed by atoms with Gasteiger partial charge in [-0.3, -0.25) is 4.68 Å². The summed E-state index contributed by atoms with van der Waals surface area (Å²) < 4.78 is 2.11. The molecule has 1 aromatic heterocycles. The second kappa shape index (κ2) is 5.70. The van der Waals surface area contributed by atoms with Crippen LogP contribution < -0.4 is 5.73 Å². The van der Waals surface area contributed by atoms with Gasteiger partial charge in [0, 0.05) is 24.0 Å². The van der Waals surface area contributed by atoms with Crippen LogP contribution in [0.1, 0.15) is 37.7 Å². The topological polar surface area (TPSA) is 43.8 Å². The van der Waals surface area contributed by atoms with E-state index in [1.165, 1.54) is 43.2 Å². The van der Waals surface area contributed by atoms with Gasteiger partial charge in [-0.05, 0) is 42.9 Å². The van der Waals surface area contributed by atoms with Crippen LogP contribution in [0.2, 0.25) is 0 Å². The fourth-order valence-corrected chi connectivity index (χ4v) is 3.20. The Morgan fingerprint density at radius 1 is 1.25 bits per heavy atom. The van der Waals surface area contributed by atoms with E-state index >= 15 is 0 Å². The molecule has 1 saturated carbocycles. The summed E-state index contributed by atoms with van der Waals surface area (Å²) in [5.74, 6) is 0.804. The molecule has 2 aromatic rings. The molecule has 1 heterocycles. The molecule has 1 aliphatic carbocycles. The summed E-state index contributed by atoms with van der Waals surface area (Å²) in [6.45, 7) is 3.13. The molecule has 1 aliphatic rings. The molecule has 20 heavy (non-hydrogen) atoms. The first-order valence-electron chi connectivity index (χ1n) is 7.62. The van der Waals surface area contributed by atoms with E-state index in [2.05, 4.69) is 29.0 Å². The van der Waals surface area contributed by atoms with Crippen LogP contribution in [-0.4, -0.2) is 9.78 Å². The lowest BCUT2D eigenvalue weighted by molar-refractivity contribution is 0.308. The maximum atomic E-state index is 5.99. The van der Waals surface area contributed by atoms with Crippen LogP contribution in [0.15, 0.2) is 30.6 Å². The highest BCUT2D eigenvalue weighted by atomic mass is 15.3. The lowest BCUT2D eigenvalue weighted by Crippen LogP contribution is -2.14. The molecule has 106 valence electrons. The van der Waals surface area contributed by atoms with Crippen LogP contribution in [0, 0.1) is 12.8 Å². The summed E-state index contributed by atoms with van der Waals surface area (Å²) in [6.07, 6.45) is 11.0. The molecule has 0 saturated heterocycles. The predicted octanol–water partition coefficient (Wildman–Crippen LogP) is 4.02. The van der Waals surface area contributed by atoms with Crippen molar-refractivity contribution in [2.24, 2.45) is 5.92 Å². The van der Waals surface area contributed by atoms with Gasteiger partial charge in [-0.25, -0.2) is 0 Å². The van der Waals surface area contributed by atoms with Gasteiger partial charge in [-0.1, -0.05) is 31.4 Å². The minimum Gasteiger partial charge on any atom is -0.398 e. The van der Waals surface area contributed by atoms with Crippen molar-refractivity contribution in [2.75, 3.05) is 5.73 Å². The monoisotopic (exact) mass is 269 g/mol. The van der Waals surface area contributed by atoms with Gasteiger partial charge in [-0.2, -0.15) is 5.10 Å². The van der Waals surface area contributed by atoms with Crippen LogP contribution in [0.5, 0.6) is 0 Å². The van der Waals surface area contributed by atoms with Gasteiger partial charge in [0.2, 0.25) is 0 Å². The summed E-state index contributed by atoms with van der Waals surface area (Å²) in [7, 11) is 0. The van der Waals surface area contributed by atoms with Gasteiger partial charge in [-0.15, -0.1) is 0 Å². The Hall–Kier alpha value is -1.77. The second-order valence-corrected chi connectivity index (χ2v) is 5.97. The first-order chi connectivity index (χ1) is 9.74. The third-order valence-electron chi connectivity index (χ3n) is 4.49. The number of nitrogen functional groups attached to an aromatic ring is 1. The fourth-order valence-electron chi connectivity index (χ4n) is 3.20. The Kier molecular flexibility index (Phi) is 3.77. The van der Waals surface area contributed by atoms with Crippen molar-refractivity contribution in [1.29, 1.82) is 0 Å². The number of hydrogen-bond acceptors (Lipinski definition) is 2. The van der Waals surface area contributed by atoms with E-state index in [1.54, 1.807) is 0 Å². The molecule has 0 unspecified atom stereocenters. The molecule has 3 nitrogen and oxygen atoms in total. The molecule has 0 radical (unpaired) electrons. The SMILES string of the molecule is Cc1c(N)cccc1-c1cnn(CC2CCCCC2)c1. The van der Waals surface area contributed by atoms with Crippen LogP contribution in [-0.2, 0) is 6.54 Å². The highest BCUT2D eigenvalue weighted by molar-refractivity contribution is 5.71. The number of nitrogens with two attached hydrogens (primary N) is 1. The first-order valence-corrected chi connectivity index (χ1v) is 7.62. The Labute approximate surface area is 120 Å². The van der Waals surface area contributed by atoms with Gasteiger partial charge in [0.05, 0.1) is 6.20 Å². The normalized spacial score (nSPS) is 16.4. The zero-order chi connectivity index (χ0) is 13.9. The van der Waals surface area contributed by atoms with Crippen molar-refractivity contribution in [1.82, 2.24) is 9.78 Å². The summed E-state index contributed by atoms with van der Waals surface area (Å²) >= 11 is 0. The van der Waals surface area contributed by atoms with E-state index in [4.69, 9.17) is 5.73 Å². The molecule has 3 rings (SSSR count). The van der Waals surface area contributed by atoms with Gasteiger partial charge >= 0.3 is 0 Å². The second-order valence-electron chi connectivity index (χ2n) is 5.97.